The van der Waals surface area contributed by atoms with E-state index in [2.05, 4.69) is 149 Å². The van der Waals surface area contributed by atoms with Crippen LogP contribution in [0.5, 0.6) is 0 Å². The van der Waals surface area contributed by atoms with Crippen molar-refractivity contribution in [1.29, 1.82) is 0 Å². The van der Waals surface area contributed by atoms with Gasteiger partial charge in [-0.15, -0.1) is 0 Å². The molecule has 2 heterocycles. The minimum Gasteiger partial charge on any atom is -0.399 e. The molecule has 0 spiro atoms. The summed E-state index contributed by atoms with van der Waals surface area (Å²) in [5.74, 6) is 0.749. The number of nitrogens with zero attached hydrogens (tertiary/aromatic N) is 2. The summed E-state index contributed by atoms with van der Waals surface area (Å²) in [7, 11) is -0.507. The summed E-state index contributed by atoms with van der Waals surface area (Å²) < 4.78 is 13.3. The highest BCUT2D eigenvalue weighted by Gasteiger charge is 2.55. The van der Waals surface area contributed by atoms with Gasteiger partial charge in [-0.1, -0.05) is 121 Å². The third-order valence-corrected chi connectivity index (χ3v) is 9.80. The van der Waals surface area contributed by atoms with Gasteiger partial charge in [0, 0.05) is 10.9 Å². The van der Waals surface area contributed by atoms with E-state index in [1.807, 2.05) is 6.07 Å². The van der Waals surface area contributed by atoms with Gasteiger partial charge >= 0.3 is 7.12 Å². The van der Waals surface area contributed by atoms with E-state index in [-0.39, 0.29) is 0 Å². The second-order valence-electron chi connectivity index (χ2n) is 12.8. The summed E-state index contributed by atoms with van der Waals surface area (Å²) in [5.41, 5.74) is 7.93. The van der Waals surface area contributed by atoms with E-state index in [1.165, 1.54) is 0 Å². The van der Waals surface area contributed by atoms with Crippen molar-refractivity contribution in [2.45, 2.75) is 44.3 Å². The third kappa shape index (κ3) is 3.79. The highest BCUT2D eigenvalue weighted by Crippen LogP contribution is 2.55. The normalized spacial score (nSPS) is 19.6. The molecule has 6 aromatic rings. The number of rotatable bonds is 4. The van der Waals surface area contributed by atoms with Crippen LogP contribution < -0.4 is 5.46 Å². The molecule has 0 N–H and O–H groups in total. The Labute approximate surface area is 258 Å². The van der Waals surface area contributed by atoms with Gasteiger partial charge in [-0.3, -0.25) is 0 Å². The second kappa shape index (κ2) is 9.72. The van der Waals surface area contributed by atoms with Gasteiger partial charge in [0.25, 0.3) is 0 Å². The van der Waals surface area contributed by atoms with Crippen LogP contribution in [0.3, 0.4) is 0 Å². The first-order valence-corrected chi connectivity index (χ1v) is 15.3. The molecule has 1 aromatic heterocycles. The molecule has 44 heavy (non-hydrogen) atoms. The number of hydrogen-bond donors (Lipinski definition) is 0. The van der Waals surface area contributed by atoms with E-state index in [4.69, 9.17) is 19.3 Å². The summed E-state index contributed by atoms with van der Waals surface area (Å²) >= 11 is 0. The molecule has 5 heteroatoms. The van der Waals surface area contributed by atoms with Crippen molar-refractivity contribution in [3.8, 4) is 22.4 Å². The lowest BCUT2D eigenvalue weighted by molar-refractivity contribution is 0.00578. The van der Waals surface area contributed by atoms with Crippen molar-refractivity contribution in [3.63, 3.8) is 0 Å². The Bertz CT molecular complexity index is 2030. The van der Waals surface area contributed by atoms with Crippen LogP contribution in [-0.4, -0.2) is 28.3 Å². The molecule has 0 amide bonds. The van der Waals surface area contributed by atoms with Crippen LogP contribution in [0, 0.1) is 0 Å². The Morgan fingerprint density at radius 1 is 0.568 bits per heavy atom. The van der Waals surface area contributed by atoms with E-state index in [1.54, 1.807) is 0 Å². The molecule has 0 bridgehead atoms. The minimum absolute atomic E-state index is 0.457. The molecule has 1 fully saturated rings. The standard InChI is InChI=1S/C39H33BN2O2/c1-37(2)38(3,4)44-40(43-37)32-24-15-23-31-34(32)28-20-11-13-22-30(28)39(31,27-18-9-6-10-19-27)36-41-33-25-14-12-21-29(33)35(42-36)26-16-7-5-8-17-26/h5-25H,1-4H3. The lowest BCUT2D eigenvalue weighted by atomic mass is 9.69. The first-order valence-electron chi connectivity index (χ1n) is 15.3. The minimum atomic E-state index is -0.763. The maximum atomic E-state index is 6.65. The SMILES string of the molecule is CC1(C)OB(c2cccc3c2-c2ccccc2C3(c2ccccc2)c2nc(-c3ccccc3)c3ccccc3n2)OC1(C)C. The fourth-order valence-electron chi connectivity index (χ4n) is 6.95. The van der Waals surface area contributed by atoms with Crippen molar-refractivity contribution >= 4 is 23.5 Å². The Morgan fingerprint density at radius 3 is 1.93 bits per heavy atom. The average molecular weight is 573 g/mol. The first kappa shape index (κ1) is 27.0. The molecule has 214 valence electrons. The third-order valence-electron chi connectivity index (χ3n) is 9.80. The van der Waals surface area contributed by atoms with Crippen molar-refractivity contribution in [3.05, 3.63) is 150 Å². The zero-order chi connectivity index (χ0) is 30.1. The van der Waals surface area contributed by atoms with Gasteiger partial charge in [0.05, 0.1) is 22.4 Å². The lowest BCUT2D eigenvalue weighted by Gasteiger charge is -2.32. The zero-order valence-corrected chi connectivity index (χ0v) is 25.4. The molecule has 0 radical (unpaired) electrons. The maximum absolute atomic E-state index is 6.65. The monoisotopic (exact) mass is 572 g/mol. The molecule has 1 aliphatic heterocycles. The van der Waals surface area contributed by atoms with Gasteiger partial charge in [0.1, 0.15) is 11.2 Å². The van der Waals surface area contributed by atoms with Crippen LogP contribution >= 0.6 is 0 Å². The molecular formula is C39H33BN2O2. The fraction of sp³-hybridized carbons (Fsp3) is 0.179. The van der Waals surface area contributed by atoms with Gasteiger partial charge in [-0.2, -0.15) is 0 Å². The van der Waals surface area contributed by atoms with Crippen LogP contribution in [0.1, 0.15) is 50.2 Å². The van der Waals surface area contributed by atoms with Gasteiger partial charge < -0.3 is 9.31 Å². The van der Waals surface area contributed by atoms with Crippen molar-refractivity contribution in [2.75, 3.05) is 0 Å². The predicted molar refractivity (Wildman–Crippen MR) is 178 cm³/mol. The average Bonchev–Trinajstić information content (AvgIpc) is 3.48. The highest BCUT2D eigenvalue weighted by molar-refractivity contribution is 6.64. The molecule has 1 atom stereocenters. The van der Waals surface area contributed by atoms with E-state index >= 15 is 0 Å². The topological polar surface area (TPSA) is 44.2 Å². The molecule has 1 saturated heterocycles. The fourth-order valence-corrected chi connectivity index (χ4v) is 6.95. The Kier molecular flexibility index (Phi) is 5.96. The molecule has 5 aromatic carbocycles. The molecule has 0 saturated carbocycles. The summed E-state index contributed by atoms with van der Waals surface area (Å²) in [5, 5.41) is 1.03. The van der Waals surface area contributed by atoms with Gasteiger partial charge in [-0.05, 0) is 67.0 Å². The van der Waals surface area contributed by atoms with Crippen LogP contribution in [-0.2, 0) is 14.7 Å². The smallest absolute Gasteiger partial charge is 0.399 e. The number of fused-ring (bicyclic) bond motifs is 4. The molecule has 1 unspecified atom stereocenters. The Hall–Kier alpha value is -4.58. The first-order chi connectivity index (χ1) is 21.3. The van der Waals surface area contributed by atoms with Crippen LogP contribution in [0.15, 0.2) is 127 Å². The number of aromatic nitrogens is 2. The summed E-state index contributed by atoms with van der Waals surface area (Å²) in [6.45, 7) is 8.41. The van der Waals surface area contributed by atoms with E-state index in [0.29, 0.717) is 0 Å². The summed E-state index contributed by atoms with van der Waals surface area (Å²) in [6, 6.07) is 44.6. The zero-order valence-electron chi connectivity index (χ0n) is 25.4. The van der Waals surface area contributed by atoms with Crippen LogP contribution in [0.4, 0.5) is 0 Å². The molecule has 1 aliphatic carbocycles. The van der Waals surface area contributed by atoms with Crippen molar-refractivity contribution in [2.24, 2.45) is 0 Å². The molecule has 2 aliphatic rings. The quantitative estimate of drug-likeness (QED) is 0.201. The Balaban J connectivity index is 1.48. The lowest BCUT2D eigenvalue weighted by Crippen LogP contribution is -2.41. The molecule has 4 nitrogen and oxygen atoms in total. The highest BCUT2D eigenvalue weighted by atomic mass is 16.7. The molecular weight excluding hydrogens is 539 g/mol. The van der Waals surface area contributed by atoms with Gasteiger partial charge in [-0.25, -0.2) is 9.97 Å². The maximum Gasteiger partial charge on any atom is 0.495 e. The number of benzene rings is 5. The van der Waals surface area contributed by atoms with Crippen molar-refractivity contribution in [1.82, 2.24) is 9.97 Å². The van der Waals surface area contributed by atoms with Crippen LogP contribution in [0.2, 0.25) is 0 Å². The Morgan fingerprint density at radius 2 is 1.18 bits per heavy atom. The molecule has 8 rings (SSSR count). The van der Waals surface area contributed by atoms with E-state index in [0.717, 1.165) is 61.3 Å². The summed E-state index contributed by atoms with van der Waals surface area (Å²) in [6.07, 6.45) is 0. The summed E-state index contributed by atoms with van der Waals surface area (Å²) in [4.78, 5) is 10.9. The van der Waals surface area contributed by atoms with Gasteiger partial charge in [0.2, 0.25) is 0 Å². The number of para-hydroxylation sites is 1. The largest absolute Gasteiger partial charge is 0.495 e. The predicted octanol–water partition coefficient (Wildman–Crippen LogP) is 7.96. The van der Waals surface area contributed by atoms with E-state index in [9.17, 15) is 0 Å². The van der Waals surface area contributed by atoms with Crippen LogP contribution in [0.25, 0.3) is 33.3 Å². The second-order valence-corrected chi connectivity index (χ2v) is 12.8. The van der Waals surface area contributed by atoms with Crippen molar-refractivity contribution < 1.29 is 9.31 Å². The number of hydrogen-bond acceptors (Lipinski definition) is 4. The van der Waals surface area contributed by atoms with Gasteiger partial charge in [0.15, 0.2) is 0 Å². The van der Waals surface area contributed by atoms with E-state index < -0.39 is 23.7 Å².